The Morgan fingerprint density at radius 3 is 2.53 bits per heavy atom. The molecule has 0 aliphatic carbocycles. The van der Waals surface area contributed by atoms with Crippen LogP contribution in [-0.2, 0) is 16.8 Å². The molecule has 0 heterocycles. The van der Waals surface area contributed by atoms with Gasteiger partial charge in [-0.05, 0) is 39.1 Å². The van der Waals surface area contributed by atoms with Crippen LogP contribution in [0, 0.1) is 0 Å². The van der Waals surface area contributed by atoms with Crippen molar-refractivity contribution in [3.63, 3.8) is 0 Å². The third-order valence-corrected chi connectivity index (χ3v) is 2.46. The lowest BCUT2D eigenvalue weighted by atomic mass is 9.85. The third-order valence-electron chi connectivity index (χ3n) is 2.46. The number of nitrogens with zero attached hydrogens (tertiary/aromatic N) is 1. The molecule has 0 radical (unpaired) electrons. The average Bonchev–Trinajstić information content (AvgIpc) is 2.17. The molecule has 0 N–H and O–H groups in total. The van der Waals surface area contributed by atoms with Gasteiger partial charge in [0, 0.05) is 12.0 Å². The largest absolute Gasteiger partial charge is 0.305 e. The van der Waals surface area contributed by atoms with E-state index >= 15 is 0 Å². The first-order valence-corrected chi connectivity index (χ1v) is 5.16. The minimum absolute atomic E-state index is 0.387. The van der Waals surface area contributed by atoms with Crippen molar-refractivity contribution in [2.24, 2.45) is 0 Å². The van der Waals surface area contributed by atoms with Crippen LogP contribution >= 0.6 is 0 Å². The van der Waals surface area contributed by atoms with E-state index in [1.54, 1.807) is 0 Å². The van der Waals surface area contributed by atoms with E-state index in [-0.39, 0.29) is 5.41 Å². The van der Waals surface area contributed by atoms with Gasteiger partial charge in [0.15, 0.2) is 0 Å². The molecule has 0 saturated carbocycles. The molecular formula is C13H19NO. The van der Waals surface area contributed by atoms with Crippen molar-refractivity contribution in [2.75, 3.05) is 14.1 Å². The Hall–Kier alpha value is -1.15. The molecule has 0 aliphatic rings. The average molecular weight is 205 g/mol. The zero-order chi connectivity index (χ0) is 11.5. The summed E-state index contributed by atoms with van der Waals surface area (Å²) < 4.78 is 0. The van der Waals surface area contributed by atoms with Gasteiger partial charge in [0.05, 0.1) is 0 Å². The molecule has 0 fully saturated rings. The maximum Gasteiger partial charge on any atom is 0.129 e. The van der Waals surface area contributed by atoms with E-state index in [0.29, 0.717) is 0 Å². The van der Waals surface area contributed by atoms with Crippen molar-refractivity contribution in [1.29, 1.82) is 0 Å². The van der Waals surface area contributed by atoms with Gasteiger partial charge in [-0.25, -0.2) is 0 Å². The van der Waals surface area contributed by atoms with Crippen LogP contribution in [0.4, 0.5) is 0 Å². The molecule has 1 aromatic carbocycles. The van der Waals surface area contributed by atoms with Gasteiger partial charge in [0.1, 0.15) is 6.29 Å². The summed E-state index contributed by atoms with van der Waals surface area (Å²) in [6, 6.07) is 8.21. The lowest BCUT2D eigenvalue weighted by Gasteiger charge is -2.19. The van der Waals surface area contributed by atoms with Gasteiger partial charge in [-0.2, -0.15) is 0 Å². The molecular weight excluding hydrogens is 186 g/mol. The normalized spacial score (nSPS) is 11.8. The van der Waals surface area contributed by atoms with Crippen LogP contribution in [-0.4, -0.2) is 25.3 Å². The van der Waals surface area contributed by atoms with Crippen LogP contribution in [0.3, 0.4) is 0 Å². The molecule has 1 aromatic rings. The Balaban J connectivity index is 2.97. The molecule has 15 heavy (non-hydrogen) atoms. The van der Waals surface area contributed by atoms with Gasteiger partial charge in [0.2, 0.25) is 0 Å². The molecule has 2 nitrogen and oxygen atoms in total. The molecule has 0 aromatic heterocycles. The quantitative estimate of drug-likeness (QED) is 0.702. The number of benzene rings is 1. The summed E-state index contributed by atoms with van der Waals surface area (Å²) in [6.45, 7) is 4.78. The number of carbonyl (C=O) groups is 1. The fourth-order valence-corrected chi connectivity index (χ4v) is 1.50. The van der Waals surface area contributed by atoms with E-state index in [9.17, 15) is 4.79 Å². The minimum atomic E-state index is -0.387. The standard InChI is InChI=1S/C13H19NO/c1-13(2,10-15)12-7-5-6-11(8-12)9-14(3)4/h5-8,10H,9H2,1-4H3. The smallest absolute Gasteiger partial charge is 0.129 e. The molecule has 0 amide bonds. The van der Waals surface area contributed by atoms with Crippen molar-refractivity contribution in [1.82, 2.24) is 4.90 Å². The highest BCUT2D eigenvalue weighted by molar-refractivity contribution is 5.67. The van der Waals surface area contributed by atoms with Gasteiger partial charge < -0.3 is 9.69 Å². The van der Waals surface area contributed by atoms with Gasteiger partial charge in [0.25, 0.3) is 0 Å². The Morgan fingerprint density at radius 2 is 2.00 bits per heavy atom. The summed E-state index contributed by atoms with van der Waals surface area (Å²) >= 11 is 0. The molecule has 0 atom stereocenters. The van der Waals surface area contributed by atoms with Crippen LogP contribution in [0.5, 0.6) is 0 Å². The van der Waals surface area contributed by atoms with E-state index in [4.69, 9.17) is 0 Å². The lowest BCUT2D eigenvalue weighted by molar-refractivity contribution is -0.111. The first-order valence-electron chi connectivity index (χ1n) is 5.16. The lowest BCUT2D eigenvalue weighted by Crippen LogP contribution is -2.19. The summed E-state index contributed by atoms with van der Waals surface area (Å²) in [5, 5.41) is 0. The predicted molar refractivity (Wildman–Crippen MR) is 62.9 cm³/mol. The van der Waals surface area contributed by atoms with Crippen molar-refractivity contribution in [2.45, 2.75) is 25.8 Å². The molecule has 0 spiro atoms. The summed E-state index contributed by atoms with van der Waals surface area (Å²) in [6.07, 6.45) is 1.00. The van der Waals surface area contributed by atoms with E-state index in [0.717, 1.165) is 18.4 Å². The van der Waals surface area contributed by atoms with Gasteiger partial charge in [-0.1, -0.05) is 24.3 Å². The molecule has 0 aliphatic heterocycles. The second kappa shape index (κ2) is 4.58. The number of hydrogen-bond acceptors (Lipinski definition) is 2. The van der Waals surface area contributed by atoms with Crippen LogP contribution in [0.2, 0.25) is 0 Å². The van der Waals surface area contributed by atoms with Gasteiger partial charge in [-0.3, -0.25) is 0 Å². The molecule has 1 rings (SSSR count). The zero-order valence-corrected chi connectivity index (χ0v) is 9.95. The zero-order valence-electron chi connectivity index (χ0n) is 9.95. The number of carbonyl (C=O) groups excluding carboxylic acids is 1. The summed E-state index contributed by atoms with van der Waals surface area (Å²) in [5.74, 6) is 0. The fourth-order valence-electron chi connectivity index (χ4n) is 1.50. The molecule has 0 unspecified atom stereocenters. The Kier molecular flexibility index (Phi) is 3.64. The molecule has 2 heteroatoms. The van der Waals surface area contributed by atoms with Gasteiger partial charge >= 0.3 is 0 Å². The van der Waals surface area contributed by atoms with Crippen molar-refractivity contribution in [3.8, 4) is 0 Å². The SMILES string of the molecule is CN(C)Cc1cccc(C(C)(C)C=O)c1. The maximum absolute atomic E-state index is 11.0. The summed E-state index contributed by atoms with van der Waals surface area (Å²) in [7, 11) is 4.08. The molecule has 82 valence electrons. The first-order chi connectivity index (χ1) is 6.95. The Morgan fingerprint density at radius 1 is 1.33 bits per heavy atom. The van der Waals surface area contributed by atoms with E-state index < -0.39 is 0 Å². The second-order valence-electron chi connectivity index (χ2n) is 4.78. The van der Waals surface area contributed by atoms with Crippen molar-refractivity contribution >= 4 is 6.29 Å². The van der Waals surface area contributed by atoms with Gasteiger partial charge in [-0.15, -0.1) is 0 Å². The number of aldehydes is 1. The molecule has 0 bridgehead atoms. The van der Waals surface area contributed by atoms with Crippen LogP contribution in [0.1, 0.15) is 25.0 Å². The van der Waals surface area contributed by atoms with E-state index in [2.05, 4.69) is 17.0 Å². The topological polar surface area (TPSA) is 20.3 Å². The monoisotopic (exact) mass is 205 g/mol. The predicted octanol–water partition coefficient (Wildman–Crippen LogP) is 2.22. The fraction of sp³-hybridized carbons (Fsp3) is 0.462. The number of rotatable bonds is 4. The van der Waals surface area contributed by atoms with E-state index in [1.807, 2.05) is 40.1 Å². The Bertz CT molecular complexity index is 342. The molecule has 0 saturated heterocycles. The number of hydrogen-bond donors (Lipinski definition) is 0. The highest BCUT2D eigenvalue weighted by Gasteiger charge is 2.19. The van der Waals surface area contributed by atoms with Crippen LogP contribution in [0.15, 0.2) is 24.3 Å². The van der Waals surface area contributed by atoms with Crippen LogP contribution < -0.4 is 0 Å². The van der Waals surface area contributed by atoms with Crippen molar-refractivity contribution in [3.05, 3.63) is 35.4 Å². The van der Waals surface area contributed by atoms with Crippen molar-refractivity contribution < 1.29 is 4.79 Å². The van der Waals surface area contributed by atoms with E-state index in [1.165, 1.54) is 5.56 Å². The van der Waals surface area contributed by atoms with Crippen LogP contribution in [0.25, 0.3) is 0 Å². The highest BCUT2D eigenvalue weighted by Crippen LogP contribution is 2.21. The second-order valence-corrected chi connectivity index (χ2v) is 4.78. The summed E-state index contributed by atoms with van der Waals surface area (Å²) in [5.41, 5.74) is 1.94. The third kappa shape index (κ3) is 3.17. The first kappa shape index (κ1) is 11.9. The summed E-state index contributed by atoms with van der Waals surface area (Å²) in [4.78, 5) is 13.1. The maximum atomic E-state index is 11.0. The Labute approximate surface area is 91.9 Å². The highest BCUT2D eigenvalue weighted by atomic mass is 16.1. The minimum Gasteiger partial charge on any atom is -0.305 e.